The maximum atomic E-state index is 10.2. The van der Waals surface area contributed by atoms with Crippen LogP contribution in [0.3, 0.4) is 0 Å². The van der Waals surface area contributed by atoms with Gasteiger partial charge in [0.1, 0.15) is 0 Å². The second-order valence-electron chi connectivity index (χ2n) is 1.73. The second kappa shape index (κ2) is 4.27. The normalized spacial score (nSPS) is 11.1. The van der Waals surface area contributed by atoms with Gasteiger partial charge in [0.05, 0.1) is 6.61 Å². The van der Waals surface area contributed by atoms with E-state index in [1.165, 1.54) is 6.92 Å². The molecule has 0 aliphatic rings. The van der Waals surface area contributed by atoms with Gasteiger partial charge in [0.15, 0.2) is 0 Å². The van der Waals surface area contributed by atoms with Crippen molar-refractivity contribution < 1.29 is 21.9 Å². The molecule has 0 spiro atoms. The molecule has 0 aromatic heterocycles. The van der Waals surface area contributed by atoms with Crippen molar-refractivity contribution in [2.75, 3.05) is 13.2 Å². The van der Waals surface area contributed by atoms with Gasteiger partial charge in [0.2, 0.25) is 5.91 Å². The monoisotopic (exact) mass is 183 g/mol. The molecule has 2 N–H and O–H groups in total. The third-order valence-corrected chi connectivity index (χ3v) is 1.17. The molecule has 7 heteroatoms. The number of hydrogen-bond acceptors (Lipinski definition) is 4. The highest BCUT2D eigenvalue weighted by atomic mass is 32.3. The Kier molecular flexibility index (Phi) is 4.01. The van der Waals surface area contributed by atoms with Crippen LogP contribution in [-0.4, -0.2) is 32.0 Å². The molecule has 0 heterocycles. The average molecular weight is 183 g/mol. The van der Waals surface area contributed by atoms with Gasteiger partial charge in [-0.05, 0) is 0 Å². The minimum absolute atomic E-state index is 0.0507. The van der Waals surface area contributed by atoms with Crippen LogP contribution in [0.4, 0.5) is 0 Å². The largest absolute Gasteiger partial charge is 0.397 e. The van der Waals surface area contributed by atoms with Crippen LogP contribution in [0.1, 0.15) is 6.92 Å². The number of amides is 1. The summed E-state index contributed by atoms with van der Waals surface area (Å²) in [6.45, 7) is 1.07. The van der Waals surface area contributed by atoms with Crippen LogP contribution in [0.5, 0.6) is 0 Å². The molecular weight excluding hydrogens is 174 g/mol. The zero-order valence-electron chi connectivity index (χ0n) is 5.90. The van der Waals surface area contributed by atoms with E-state index < -0.39 is 10.4 Å². The topological polar surface area (TPSA) is 92.7 Å². The van der Waals surface area contributed by atoms with Crippen LogP contribution in [0.25, 0.3) is 0 Å². The Labute approximate surface area is 64.5 Å². The fourth-order valence-corrected chi connectivity index (χ4v) is 0.668. The van der Waals surface area contributed by atoms with Crippen molar-refractivity contribution in [3.8, 4) is 0 Å². The smallest absolute Gasteiger partial charge is 0.354 e. The maximum absolute atomic E-state index is 10.2. The number of carbonyl (C=O) groups excluding carboxylic acids is 1. The van der Waals surface area contributed by atoms with Crippen LogP contribution in [-0.2, 0) is 19.4 Å². The Balaban J connectivity index is 3.37. The molecule has 0 aromatic carbocycles. The Morgan fingerprint density at radius 2 is 2.18 bits per heavy atom. The van der Waals surface area contributed by atoms with Gasteiger partial charge in [-0.25, -0.2) is 4.18 Å². The molecule has 0 bridgehead atoms. The summed E-state index contributed by atoms with van der Waals surface area (Å²) < 4.78 is 31.7. The van der Waals surface area contributed by atoms with Crippen molar-refractivity contribution in [2.24, 2.45) is 0 Å². The lowest BCUT2D eigenvalue weighted by molar-refractivity contribution is -0.119. The molecule has 0 saturated heterocycles. The predicted octanol–water partition coefficient (Wildman–Crippen LogP) is -1.06. The Morgan fingerprint density at radius 1 is 1.64 bits per heavy atom. The highest BCUT2D eigenvalue weighted by Gasteiger charge is 2.02. The summed E-state index contributed by atoms with van der Waals surface area (Å²) in [5, 5.41) is 2.28. The molecule has 11 heavy (non-hydrogen) atoms. The number of nitrogens with one attached hydrogen (secondary N) is 1. The zero-order chi connectivity index (χ0) is 8.91. The molecule has 0 unspecified atom stereocenters. The summed E-state index contributed by atoms with van der Waals surface area (Å²) in [5.41, 5.74) is 0. The molecule has 66 valence electrons. The van der Waals surface area contributed by atoms with Gasteiger partial charge in [-0.15, -0.1) is 0 Å². The zero-order valence-corrected chi connectivity index (χ0v) is 6.72. The molecule has 1 amide bonds. The summed E-state index contributed by atoms with van der Waals surface area (Å²) >= 11 is 0. The molecule has 0 radical (unpaired) electrons. The predicted molar refractivity (Wildman–Crippen MR) is 36.2 cm³/mol. The minimum atomic E-state index is -4.37. The molecule has 0 rings (SSSR count). The van der Waals surface area contributed by atoms with Crippen molar-refractivity contribution in [3.63, 3.8) is 0 Å². The van der Waals surface area contributed by atoms with E-state index in [0.717, 1.165) is 0 Å². The summed E-state index contributed by atoms with van der Waals surface area (Å²) in [6, 6.07) is 0. The van der Waals surface area contributed by atoms with E-state index in [1.807, 2.05) is 0 Å². The van der Waals surface area contributed by atoms with Gasteiger partial charge in [-0.1, -0.05) is 0 Å². The molecule has 0 aromatic rings. The molecule has 0 saturated carbocycles. The number of carbonyl (C=O) groups is 1. The van der Waals surface area contributed by atoms with E-state index in [4.69, 9.17) is 4.55 Å². The average Bonchev–Trinajstić information content (AvgIpc) is 1.78. The highest BCUT2D eigenvalue weighted by Crippen LogP contribution is 1.82. The van der Waals surface area contributed by atoms with Crippen LogP contribution in [0, 0.1) is 0 Å². The molecule has 0 fully saturated rings. The lowest BCUT2D eigenvalue weighted by Crippen LogP contribution is -2.25. The summed E-state index contributed by atoms with van der Waals surface area (Å²) in [5.74, 6) is -0.288. The molecule has 0 atom stereocenters. The van der Waals surface area contributed by atoms with E-state index in [1.54, 1.807) is 0 Å². The van der Waals surface area contributed by atoms with Crippen molar-refractivity contribution in [2.45, 2.75) is 6.92 Å². The Bertz CT molecular complexity index is 221. The lowest BCUT2D eigenvalue weighted by atomic mass is 10.6. The van der Waals surface area contributed by atoms with E-state index in [-0.39, 0.29) is 19.1 Å². The van der Waals surface area contributed by atoms with E-state index >= 15 is 0 Å². The van der Waals surface area contributed by atoms with Gasteiger partial charge >= 0.3 is 10.4 Å². The second-order valence-corrected chi connectivity index (χ2v) is 2.82. The van der Waals surface area contributed by atoms with E-state index in [9.17, 15) is 13.2 Å². The fourth-order valence-electron chi connectivity index (χ4n) is 0.374. The fraction of sp³-hybridized carbons (Fsp3) is 0.750. The first-order valence-electron chi connectivity index (χ1n) is 2.78. The van der Waals surface area contributed by atoms with Crippen molar-refractivity contribution in [1.82, 2.24) is 5.32 Å². The summed E-state index contributed by atoms with van der Waals surface area (Å²) in [4.78, 5) is 10.2. The number of rotatable bonds is 4. The maximum Gasteiger partial charge on any atom is 0.397 e. The van der Waals surface area contributed by atoms with E-state index in [0.29, 0.717) is 0 Å². The lowest BCUT2D eigenvalue weighted by Gasteiger charge is -1.99. The molecule has 0 aliphatic carbocycles. The van der Waals surface area contributed by atoms with Gasteiger partial charge in [-0.3, -0.25) is 9.35 Å². The van der Waals surface area contributed by atoms with Crippen molar-refractivity contribution in [1.29, 1.82) is 0 Å². The summed E-state index contributed by atoms with van der Waals surface area (Å²) in [6.07, 6.45) is 0. The SMILES string of the molecule is CC(=O)NCCOS(=O)(=O)O. The van der Waals surface area contributed by atoms with Gasteiger partial charge in [0, 0.05) is 13.5 Å². The van der Waals surface area contributed by atoms with Crippen molar-refractivity contribution >= 4 is 16.3 Å². The van der Waals surface area contributed by atoms with Crippen molar-refractivity contribution in [3.05, 3.63) is 0 Å². The Morgan fingerprint density at radius 3 is 2.55 bits per heavy atom. The first-order chi connectivity index (χ1) is 4.92. The third-order valence-electron chi connectivity index (χ3n) is 0.708. The van der Waals surface area contributed by atoms with Gasteiger partial charge < -0.3 is 5.32 Å². The molecular formula is C4H9NO5S. The number of hydrogen-bond donors (Lipinski definition) is 2. The first-order valence-corrected chi connectivity index (χ1v) is 4.14. The van der Waals surface area contributed by atoms with Crippen LogP contribution >= 0.6 is 0 Å². The Hall–Kier alpha value is -0.660. The standard InChI is InChI=1S/C4H9NO5S/c1-4(6)5-2-3-10-11(7,8)9/h2-3H2,1H3,(H,5,6)(H,7,8,9). The van der Waals surface area contributed by atoms with Crippen LogP contribution < -0.4 is 5.32 Å². The highest BCUT2D eigenvalue weighted by molar-refractivity contribution is 7.80. The molecule has 6 nitrogen and oxygen atoms in total. The van der Waals surface area contributed by atoms with Crippen LogP contribution in [0.2, 0.25) is 0 Å². The third kappa shape index (κ3) is 9.34. The van der Waals surface area contributed by atoms with E-state index in [2.05, 4.69) is 9.50 Å². The molecule has 0 aliphatic heterocycles. The van der Waals surface area contributed by atoms with Gasteiger partial charge in [-0.2, -0.15) is 8.42 Å². The summed E-state index contributed by atoms with van der Waals surface area (Å²) in [7, 11) is -4.37. The minimum Gasteiger partial charge on any atom is -0.354 e. The first kappa shape index (κ1) is 10.3. The van der Waals surface area contributed by atoms with Gasteiger partial charge in [0.25, 0.3) is 0 Å². The quantitative estimate of drug-likeness (QED) is 0.428. The van der Waals surface area contributed by atoms with Crippen LogP contribution in [0.15, 0.2) is 0 Å².